The van der Waals surface area contributed by atoms with E-state index in [-0.39, 0.29) is 5.91 Å². The molecule has 22 heavy (non-hydrogen) atoms. The average Bonchev–Trinajstić information content (AvgIpc) is 2.56. The molecule has 0 aliphatic rings. The van der Waals surface area contributed by atoms with Crippen LogP contribution >= 0.6 is 11.8 Å². The van der Waals surface area contributed by atoms with Crippen molar-refractivity contribution >= 4 is 29.1 Å². The second kappa shape index (κ2) is 8.79. The van der Waals surface area contributed by atoms with Gasteiger partial charge in [-0.3, -0.25) is 4.79 Å². The van der Waals surface area contributed by atoms with Crippen molar-refractivity contribution in [3.8, 4) is 0 Å². The number of nitrogens with one attached hydrogen (secondary N) is 1. The SMILES string of the molecule is CSC(=NN=Cc1ccccc1)NC(=O)Cc1ccccc1. The molecular weight excluding hydrogens is 294 g/mol. The summed E-state index contributed by atoms with van der Waals surface area (Å²) in [6.45, 7) is 0. The van der Waals surface area contributed by atoms with Gasteiger partial charge in [0.2, 0.25) is 5.91 Å². The van der Waals surface area contributed by atoms with Crippen LogP contribution < -0.4 is 5.32 Å². The smallest absolute Gasteiger partial charge is 0.230 e. The largest absolute Gasteiger partial charge is 0.303 e. The zero-order chi connectivity index (χ0) is 15.6. The van der Waals surface area contributed by atoms with Gasteiger partial charge >= 0.3 is 0 Å². The highest BCUT2D eigenvalue weighted by Crippen LogP contribution is 2.01. The molecule has 0 saturated heterocycles. The third-order valence-corrected chi connectivity index (χ3v) is 3.37. The van der Waals surface area contributed by atoms with E-state index in [9.17, 15) is 4.79 Å². The van der Waals surface area contributed by atoms with Crippen molar-refractivity contribution in [3.05, 3.63) is 71.8 Å². The number of amidine groups is 1. The molecule has 0 unspecified atom stereocenters. The Morgan fingerprint density at radius 2 is 1.73 bits per heavy atom. The number of carbonyl (C=O) groups excluding carboxylic acids is 1. The minimum absolute atomic E-state index is 0.103. The van der Waals surface area contributed by atoms with E-state index < -0.39 is 0 Å². The van der Waals surface area contributed by atoms with Crippen LogP contribution in [0.2, 0.25) is 0 Å². The molecule has 112 valence electrons. The van der Waals surface area contributed by atoms with E-state index in [1.54, 1.807) is 6.21 Å². The lowest BCUT2D eigenvalue weighted by Crippen LogP contribution is -2.29. The van der Waals surface area contributed by atoms with E-state index >= 15 is 0 Å². The first-order valence-corrected chi connectivity index (χ1v) is 8.04. The fourth-order valence-electron chi connectivity index (χ4n) is 1.75. The summed E-state index contributed by atoms with van der Waals surface area (Å²) in [5, 5.41) is 11.3. The Hall–Kier alpha value is -2.40. The van der Waals surface area contributed by atoms with Crippen LogP contribution in [0, 0.1) is 0 Å². The quantitative estimate of drug-likeness (QED) is 0.536. The first-order valence-electron chi connectivity index (χ1n) is 6.82. The van der Waals surface area contributed by atoms with Gasteiger partial charge < -0.3 is 5.32 Å². The molecule has 0 aliphatic heterocycles. The van der Waals surface area contributed by atoms with Gasteiger partial charge in [0.05, 0.1) is 12.6 Å². The van der Waals surface area contributed by atoms with E-state index in [0.29, 0.717) is 11.6 Å². The summed E-state index contributed by atoms with van der Waals surface area (Å²) in [5.74, 6) is -0.103. The fraction of sp³-hybridized carbons (Fsp3) is 0.118. The fourth-order valence-corrected chi connectivity index (χ4v) is 2.09. The molecule has 0 bridgehead atoms. The van der Waals surface area contributed by atoms with Crippen molar-refractivity contribution in [2.24, 2.45) is 10.2 Å². The van der Waals surface area contributed by atoms with E-state index in [0.717, 1.165) is 11.1 Å². The lowest BCUT2D eigenvalue weighted by atomic mass is 10.1. The molecule has 2 rings (SSSR count). The van der Waals surface area contributed by atoms with Gasteiger partial charge in [0.15, 0.2) is 5.17 Å². The van der Waals surface area contributed by atoms with Crippen LogP contribution in [0.3, 0.4) is 0 Å². The van der Waals surface area contributed by atoms with Crippen LogP contribution in [0.4, 0.5) is 0 Å². The second-order valence-corrected chi connectivity index (χ2v) is 5.27. The Balaban J connectivity index is 1.92. The molecule has 0 radical (unpaired) electrons. The van der Waals surface area contributed by atoms with E-state index in [1.165, 1.54) is 11.8 Å². The highest BCUT2D eigenvalue weighted by atomic mass is 32.2. The number of hydrogen-bond donors (Lipinski definition) is 1. The molecule has 0 aliphatic carbocycles. The van der Waals surface area contributed by atoms with Gasteiger partial charge in [-0.2, -0.15) is 5.10 Å². The maximum atomic E-state index is 12.0. The van der Waals surface area contributed by atoms with Crippen LogP contribution in [0.15, 0.2) is 70.9 Å². The molecule has 0 fully saturated rings. The Bertz CT molecular complexity index is 654. The molecule has 2 aromatic rings. The first kappa shape index (κ1) is 16.0. The molecule has 0 spiro atoms. The van der Waals surface area contributed by atoms with E-state index in [4.69, 9.17) is 0 Å². The molecule has 1 N–H and O–H groups in total. The zero-order valence-electron chi connectivity index (χ0n) is 12.3. The Labute approximate surface area is 134 Å². The molecule has 0 aromatic heterocycles. The van der Waals surface area contributed by atoms with Crippen molar-refractivity contribution in [1.29, 1.82) is 0 Å². The number of nitrogens with zero attached hydrogens (tertiary/aromatic N) is 2. The maximum absolute atomic E-state index is 12.0. The van der Waals surface area contributed by atoms with Crippen molar-refractivity contribution in [2.45, 2.75) is 6.42 Å². The Kier molecular flexibility index (Phi) is 6.39. The Morgan fingerprint density at radius 1 is 1.09 bits per heavy atom. The molecule has 5 heteroatoms. The van der Waals surface area contributed by atoms with Crippen molar-refractivity contribution in [1.82, 2.24) is 5.32 Å². The van der Waals surface area contributed by atoms with E-state index in [2.05, 4.69) is 15.5 Å². The zero-order valence-corrected chi connectivity index (χ0v) is 13.1. The van der Waals surface area contributed by atoms with Crippen molar-refractivity contribution < 1.29 is 4.79 Å². The van der Waals surface area contributed by atoms with Gasteiger partial charge in [0.25, 0.3) is 0 Å². The molecule has 0 atom stereocenters. The predicted molar refractivity (Wildman–Crippen MR) is 93.3 cm³/mol. The molecule has 0 heterocycles. The van der Waals surface area contributed by atoms with Gasteiger partial charge in [0.1, 0.15) is 0 Å². The molecule has 1 amide bonds. The summed E-state index contributed by atoms with van der Waals surface area (Å²) in [7, 11) is 0. The summed E-state index contributed by atoms with van der Waals surface area (Å²) in [5.41, 5.74) is 1.93. The minimum Gasteiger partial charge on any atom is -0.303 e. The van der Waals surface area contributed by atoms with Crippen molar-refractivity contribution in [3.63, 3.8) is 0 Å². The topological polar surface area (TPSA) is 53.8 Å². The number of amides is 1. The minimum atomic E-state index is -0.103. The first-order chi connectivity index (χ1) is 10.8. The van der Waals surface area contributed by atoms with Gasteiger partial charge in [0, 0.05) is 0 Å². The normalized spacial score (nSPS) is 11.6. The highest BCUT2D eigenvalue weighted by molar-refractivity contribution is 8.13. The summed E-state index contributed by atoms with van der Waals surface area (Å²) in [4.78, 5) is 12.0. The summed E-state index contributed by atoms with van der Waals surface area (Å²) < 4.78 is 0. The molecule has 4 nitrogen and oxygen atoms in total. The number of hydrogen-bond acceptors (Lipinski definition) is 4. The number of benzene rings is 2. The third kappa shape index (κ3) is 5.54. The standard InChI is InChI=1S/C17H17N3OS/c1-22-17(20-18-13-15-10-6-3-7-11-15)19-16(21)12-14-8-4-2-5-9-14/h2-11,13H,12H2,1H3,(H,19,20,21). The lowest BCUT2D eigenvalue weighted by molar-refractivity contribution is -0.119. The van der Waals surface area contributed by atoms with Gasteiger partial charge in [-0.05, 0) is 17.4 Å². The van der Waals surface area contributed by atoms with Crippen LogP contribution in [0.5, 0.6) is 0 Å². The van der Waals surface area contributed by atoms with Gasteiger partial charge in [-0.25, -0.2) is 0 Å². The van der Waals surface area contributed by atoms with Crippen LogP contribution in [-0.4, -0.2) is 23.5 Å². The third-order valence-electron chi connectivity index (χ3n) is 2.80. The highest BCUT2D eigenvalue weighted by Gasteiger charge is 2.06. The Morgan fingerprint density at radius 3 is 2.36 bits per heavy atom. The summed E-state index contributed by atoms with van der Waals surface area (Å²) >= 11 is 1.35. The summed E-state index contributed by atoms with van der Waals surface area (Å²) in [6.07, 6.45) is 3.82. The second-order valence-electron chi connectivity index (χ2n) is 4.48. The predicted octanol–water partition coefficient (Wildman–Crippen LogP) is 3.10. The number of thioether (sulfide) groups is 1. The molecule has 0 saturated carbocycles. The van der Waals surface area contributed by atoms with Gasteiger partial charge in [-0.1, -0.05) is 72.4 Å². The monoisotopic (exact) mass is 311 g/mol. The molecule has 2 aromatic carbocycles. The maximum Gasteiger partial charge on any atom is 0.230 e. The summed E-state index contributed by atoms with van der Waals surface area (Å²) in [6, 6.07) is 19.3. The van der Waals surface area contributed by atoms with Crippen LogP contribution in [-0.2, 0) is 11.2 Å². The lowest BCUT2D eigenvalue weighted by Gasteiger charge is -2.04. The molecular formula is C17H17N3OS. The number of carbonyl (C=O) groups is 1. The van der Waals surface area contributed by atoms with E-state index in [1.807, 2.05) is 66.9 Å². The van der Waals surface area contributed by atoms with Crippen LogP contribution in [0.25, 0.3) is 0 Å². The van der Waals surface area contributed by atoms with Crippen LogP contribution in [0.1, 0.15) is 11.1 Å². The number of rotatable bonds is 4. The van der Waals surface area contributed by atoms with Crippen molar-refractivity contribution in [2.75, 3.05) is 6.26 Å². The van der Waals surface area contributed by atoms with Gasteiger partial charge in [-0.15, -0.1) is 5.10 Å². The average molecular weight is 311 g/mol.